The van der Waals surface area contributed by atoms with E-state index >= 15 is 0 Å². The van der Waals surface area contributed by atoms with Gasteiger partial charge in [-0.1, -0.05) is 12.1 Å². The van der Waals surface area contributed by atoms with Crippen LogP contribution < -0.4 is 10.1 Å². The third-order valence-electron chi connectivity index (χ3n) is 8.58. The van der Waals surface area contributed by atoms with Gasteiger partial charge in [0.2, 0.25) is 10.0 Å². The van der Waals surface area contributed by atoms with Gasteiger partial charge in [0.05, 0.1) is 24.7 Å². The lowest BCUT2D eigenvalue weighted by Crippen LogP contribution is -2.56. The van der Waals surface area contributed by atoms with E-state index in [9.17, 15) is 22.7 Å². The van der Waals surface area contributed by atoms with Gasteiger partial charge in [0.25, 0.3) is 0 Å². The normalized spacial score (nSPS) is 18.7. The van der Waals surface area contributed by atoms with Gasteiger partial charge in [-0.2, -0.15) is 4.31 Å². The molecule has 0 radical (unpaired) electrons. The number of hydrogen-bond acceptors (Lipinski definition) is 5. The second kappa shape index (κ2) is 10.7. The molecule has 3 heterocycles. The first-order chi connectivity index (χ1) is 20.1. The van der Waals surface area contributed by atoms with Crippen molar-refractivity contribution in [3.63, 3.8) is 0 Å². The smallest absolute Gasteiger partial charge is 0.322 e. The van der Waals surface area contributed by atoms with Gasteiger partial charge in [0.15, 0.2) is 0 Å². The fourth-order valence-electron chi connectivity index (χ4n) is 6.44. The molecule has 42 heavy (non-hydrogen) atoms. The Labute approximate surface area is 244 Å². The zero-order valence-corrected chi connectivity index (χ0v) is 24.2. The largest absolute Gasteiger partial charge is 0.497 e. The van der Waals surface area contributed by atoms with Crippen molar-refractivity contribution >= 4 is 32.6 Å². The summed E-state index contributed by atoms with van der Waals surface area (Å²) in [5.74, 6) is 0.254. The molecule has 0 bridgehead atoms. The number of methoxy groups -OCH3 is 1. The zero-order chi connectivity index (χ0) is 29.6. The Bertz CT molecular complexity index is 1750. The van der Waals surface area contributed by atoms with Gasteiger partial charge in [-0.3, -0.25) is 0 Å². The van der Waals surface area contributed by atoms with Gasteiger partial charge in [0, 0.05) is 53.4 Å². The molecule has 3 N–H and O–H groups in total. The van der Waals surface area contributed by atoms with Crippen LogP contribution in [-0.2, 0) is 15.4 Å². The molecule has 1 aromatic heterocycles. The van der Waals surface area contributed by atoms with Gasteiger partial charge in [-0.15, -0.1) is 0 Å². The molecule has 1 spiro atoms. The number of carbonyl (C=O) groups excluding carboxylic acids is 1. The van der Waals surface area contributed by atoms with E-state index in [4.69, 9.17) is 4.74 Å². The maximum Gasteiger partial charge on any atom is 0.322 e. The van der Waals surface area contributed by atoms with Crippen molar-refractivity contribution in [2.75, 3.05) is 38.7 Å². The number of H-pyrrole nitrogens is 1. The van der Waals surface area contributed by atoms with E-state index in [2.05, 4.69) is 10.3 Å². The van der Waals surface area contributed by atoms with E-state index in [0.717, 1.165) is 27.7 Å². The number of ether oxygens (including phenoxy) is 1. The number of aryl methyl sites for hydroxylation is 1. The summed E-state index contributed by atoms with van der Waals surface area (Å²) in [4.78, 5) is 19.0. The number of rotatable bonds is 5. The summed E-state index contributed by atoms with van der Waals surface area (Å²) in [6, 6.07) is 17.0. The number of aromatic amines is 1. The number of nitrogens with zero attached hydrogens (tertiary/aromatic N) is 2. The first-order valence-electron chi connectivity index (χ1n) is 13.9. The van der Waals surface area contributed by atoms with E-state index in [1.807, 2.05) is 31.2 Å². The van der Waals surface area contributed by atoms with Crippen LogP contribution in [-0.4, -0.2) is 67.1 Å². The predicted octanol–water partition coefficient (Wildman–Crippen LogP) is 4.93. The number of fused-ring (bicyclic) bond motifs is 4. The van der Waals surface area contributed by atoms with E-state index < -0.39 is 33.3 Å². The molecule has 9 nitrogen and oxygen atoms in total. The molecule has 3 aromatic carbocycles. The van der Waals surface area contributed by atoms with Crippen LogP contribution >= 0.6 is 0 Å². The Hall–Kier alpha value is -3.93. The number of sulfonamides is 1. The molecule has 0 aliphatic carbocycles. The Kier molecular flexibility index (Phi) is 7.20. The Balaban J connectivity index is 1.39. The first kappa shape index (κ1) is 28.2. The molecule has 1 atom stereocenters. The van der Waals surface area contributed by atoms with Crippen LogP contribution in [0.3, 0.4) is 0 Å². The molecule has 220 valence electrons. The summed E-state index contributed by atoms with van der Waals surface area (Å²) in [5.41, 5.74) is 3.25. The molecule has 1 saturated heterocycles. The highest BCUT2D eigenvalue weighted by molar-refractivity contribution is 7.89. The minimum Gasteiger partial charge on any atom is -0.497 e. The summed E-state index contributed by atoms with van der Waals surface area (Å²) >= 11 is 0. The number of carbonyl (C=O) groups is 1. The van der Waals surface area contributed by atoms with Gasteiger partial charge < -0.3 is 25.0 Å². The third kappa shape index (κ3) is 4.81. The SMILES string of the molecule is COc1ccc2c3c([nH]c2c1)[C@@H](CO)N(C(=O)Nc1ccc(F)cc1)CC31CCN(S(=O)(=O)c2cccc(C)c2)CC1. The van der Waals surface area contributed by atoms with Crippen LogP contribution in [0.5, 0.6) is 5.75 Å². The topological polar surface area (TPSA) is 115 Å². The molecule has 0 unspecified atom stereocenters. The molecule has 2 aliphatic rings. The van der Waals surface area contributed by atoms with E-state index in [0.29, 0.717) is 24.3 Å². The molecule has 11 heteroatoms. The number of piperidine rings is 1. The molecular formula is C31H33FN4O5S. The van der Waals surface area contributed by atoms with Crippen molar-refractivity contribution in [1.82, 2.24) is 14.2 Å². The van der Waals surface area contributed by atoms with E-state index in [-0.39, 0.29) is 31.1 Å². The summed E-state index contributed by atoms with van der Waals surface area (Å²) in [6.07, 6.45) is 0.949. The third-order valence-corrected chi connectivity index (χ3v) is 10.5. The van der Waals surface area contributed by atoms with Crippen molar-refractivity contribution < 1.29 is 27.4 Å². The highest BCUT2D eigenvalue weighted by Crippen LogP contribution is 2.49. The highest BCUT2D eigenvalue weighted by atomic mass is 32.2. The molecule has 0 saturated carbocycles. The molecule has 1 fully saturated rings. The average Bonchev–Trinajstić information content (AvgIpc) is 3.38. The molecule has 2 aliphatic heterocycles. The van der Waals surface area contributed by atoms with Crippen molar-refractivity contribution in [2.24, 2.45) is 0 Å². The second-order valence-corrected chi connectivity index (χ2v) is 13.0. The van der Waals surface area contributed by atoms with Crippen LogP contribution in [0.25, 0.3) is 10.9 Å². The zero-order valence-electron chi connectivity index (χ0n) is 23.4. The fourth-order valence-corrected chi connectivity index (χ4v) is 7.98. The number of urea groups is 1. The van der Waals surface area contributed by atoms with E-state index in [1.165, 1.54) is 28.6 Å². The van der Waals surface area contributed by atoms with Crippen LogP contribution in [0.4, 0.5) is 14.9 Å². The summed E-state index contributed by atoms with van der Waals surface area (Å²) in [5, 5.41) is 14.4. The quantitative estimate of drug-likeness (QED) is 0.304. The highest BCUT2D eigenvalue weighted by Gasteiger charge is 2.50. The van der Waals surface area contributed by atoms with Crippen LogP contribution in [0.1, 0.15) is 35.7 Å². The lowest BCUT2D eigenvalue weighted by atomic mass is 9.68. The van der Waals surface area contributed by atoms with E-state index in [1.54, 1.807) is 30.2 Å². The lowest BCUT2D eigenvalue weighted by molar-refractivity contribution is 0.0860. The molecular weight excluding hydrogens is 559 g/mol. The van der Waals surface area contributed by atoms with Crippen LogP contribution in [0, 0.1) is 12.7 Å². The van der Waals surface area contributed by atoms with Crippen molar-refractivity contribution in [3.05, 3.63) is 89.4 Å². The predicted molar refractivity (Wildman–Crippen MR) is 158 cm³/mol. The molecule has 2 amide bonds. The Morgan fingerprint density at radius 2 is 1.86 bits per heavy atom. The lowest BCUT2D eigenvalue weighted by Gasteiger charge is -2.49. The first-order valence-corrected chi connectivity index (χ1v) is 15.3. The number of nitrogens with one attached hydrogen (secondary N) is 2. The van der Waals surface area contributed by atoms with Crippen molar-refractivity contribution in [3.8, 4) is 5.75 Å². The Morgan fingerprint density at radius 1 is 1.12 bits per heavy atom. The molecule has 4 aromatic rings. The number of hydrogen-bond donors (Lipinski definition) is 3. The van der Waals surface area contributed by atoms with Gasteiger partial charge in [0.1, 0.15) is 11.6 Å². The number of amides is 2. The van der Waals surface area contributed by atoms with Crippen molar-refractivity contribution in [1.29, 1.82) is 0 Å². The summed E-state index contributed by atoms with van der Waals surface area (Å²) in [6.45, 7) is 2.36. The number of halogens is 1. The molecule has 6 rings (SSSR count). The maximum atomic E-state index is 13.7. The number of anilines is 1. The minimum atomic E-state index is -3.70. The summed E-state index contributed by atoms with van der Waals surface area (Å²) in [7, 11) is -2.11. The van der Waals surface area contributed by atoms with Crippen LogP contribution in [0.15, 0.2) is 71.6 Å². The summed E-state index contributed by atoms with van der Waals surface area (Å²) < 4.78 is 47.6. The van der Waals surface area contributed by atoms with Gasteiger partial charge >= 0.3 is 6.03 Å². The standard InChI is InChI=1S/C31H33FN4O5S/c1-20-4-3-5-24(16-20)42(39,40)35-14-12-31(13-15-35)19-36(30(38)33-22-8-6-21(32)7-9-22)27(18-37)29-28(31)25-11-10-23(41-2)17-26(25)34-29/h3-11,16-17,27,34,37H,12-15,18-19H2,1-2H3,(H,33,38)/t27-/m1/s1. The number of aliphatic hydroxyl groups is 1. The van der Waals surface area contributed by atoms with Gasteiger partial charge in [-0.05, 0) is 79.4 Å². The maximum absolute atomic E-state index is 13.7. The monoisotopic (exact) mass is 592 g/mol. The van der Waals surface area contributed by atoms with Crippen LogP contribution in [0.2, 0.25) is 0 Å². The number of aliphatic hydroxyl groups excluding tert-OH is 1. The van der Waals surface area contributed by atoms with Crippen molar-refractivity contribution in [2.45, 2.75) is 36.1 Å². The minimum absolute atomic E-state index is 0.266. The number of aromatic nitrogens is 1. The average molecular weight is 593 g/mol. The van der Waals surface area contributed by atoms with Gasteiger partial charge in [-0.25, -0.2) is 17.6 Å². The fraction of sp³-hybridized carbons (Fsp3) is 0.323. The Morgan fingerprint density at radius 3 is 2.52 bits per heavy atom. The number of benzene rings is 3. The second-order valence-electron chi connectivity index (χ2n) is 11.1.